The van der Waals surface area contributed by atoms with Crippen molar-refractivity contribution in [3.05, 3.63) is 34.5 Å². The zero-order chi connectivity index (χ0) is 11.0. The number of amides is 2. The summed E-state index contributed by atoms with van der Waals surface area (Å²) in [7, 11) is 0. The van der Waals surface area contributed by atoms with Gasteiger partial charge in [0.25, 0.3) is 11.8 Å². The van der Waals surface area contributed by atoms with Crippen molar-refractivity contribution in [3.63, 3.8) is 0 Å². The lowest BCUT2D eigenvalue weighted by Gasteiger charge is -2.14. The average Bonchev–Trinajstić information content (AvgIpc) is 2.43. The Balaban J connectivity index is 2.47. The van der Waals surface area contributed by atoms with Crippen LogP contribution in [0.2, 0.25) is 0 Å². The highest BCUT2D eigenvalue weighted by atomic mass is 79.9. The SMILES string of the molecule is CC1=CC(=O)N(c2ncccc2Br)C1=O. The molecule has 15 heavy (non-hydrogen) atoms. The number of anilines is 1. The van der Waals surface area contributed by atoms with Crippen LogP contribution in [0.3, 0.4) is 0 Å². The molecule has 2 heterocycles. The summed E-state index contributed by atoms with van der Waals surface area (Å²) in [6.07, 6.45) is 2.84. The molecule has 0 fully saturated rings. The van der Waals surface area contributed by atoms with Crippen molar-refractivity contribution >= 4 is 33.6 Å². The maximum absolute atomic E-state index is 11.6. The van der Waals surface area contributed by atoms with Gasteiger partial charge in [0.1, 0.15) is 0 Å². The number of imide groups is 1. The number of rotatable bonds is 1. The summed E-state index contributed by atoms with van der Waals surface area (Å²) in [6, 6.07) is 3.45. The molecule has 0 bridgehead atoms. The maximum Gasteiger partial charge on any atom is 0.262 e. The van der Waals surface area contributed by atoms with Crippen LogP contribution < -0.4 is 4.90 Å². The minimum atomic E-state index is -0.350. The molecule has 0 unspecified atom stereocenters. The maximum atomic E-state index is 11.6. The van der Waals surface area contributed by atoms with Gasteiger partial charge < -0.3 is 0 Å². The molecule has 0 saturated carbocycles. The first kappa shape index (κ1) is 10.0. The summed E-state index contributed by atoms with van der Waals surface area (Å²) in [5.74, 6) is -0.336. The Labute approximate surface area is 94.7 Å². The normalized spacial score (nSPS) is 15.9. The van der Waals surface area contributed by atoms with E-state index in [1.54, 1.807) is 19.1 Å². The van der Waals surface area contributed by atoms with E-state index in [4.69, 9.17) is 0 Å². The number of hydrogen-bond donors (Lipinski definition) is 0. The Bertz CT molecular complexity index is 482. The Hall–Kier alpha value is -1.49. The fourth-order valence-corrected chi connectivity index (χ4v) is 1.76. The van der Waals surface area contributed by atoms with Crippen molar-refractivity contribution in [1.82, 2.24) is 4.98 Å². The molecule has 0 N–H and O–H groups in total. The molecular weight excluding hydrogens is 260 g/mol. The minimum absolute atomic E-state index is 0.320. The highest BCUT2D eigenvalue weighted by Gasteiger charge is 2.31. The van der Waals surface area contributed by atoms with Crippen molar-refractivity contribution in [2.75, 3.05) is 4.90 Å². The molecule has 0 saturated heterocycles. The first-order chi connectivity index (χ1) is 7.11. The number of carbonyl (C=O) groups is 2. The van der Waals surface area contributed by atoms with Gasteiger partial charge in [-0.3, -0.25) is 9.59 Å². The third-order valence-electron chi connectivity index (χ3n) is 2.05. The van der Waals surface area contributed by atoms with Crippen molar-refractivity contribution in [3.8, 4) is 0 Å². The van der Waals surface area contributed by atoms with Crippen molar-refractivity contribution in [2.24, 2.45) is 0 Å². The summed E-state index contributed by atoms with van der Waals surface area (Å²) in [4.78, 5) is 28.2. The van der Waals surface area contributed by atoms with Crippen LogP contribution in [-0.2, 0) is 9.59 Å². The second-order valence-electron chi connectivity index (χ2n) is 3.11. The van der Waals surface area contributed by atoms with E-state index >= 15 is 0 Å². The molecule has 0 aromatic carbocycles. The van der Waals surface area contributed by atoms with Crippen LogP contribution in [-0.4, -0.2) is 16.8 Å². The number of aromatic nitrogens is 1. The molecule has 0 spiro atoms. The van der Waals surface area contributed by atoms with E-state index < -0.39 is 0 Å². The van der Waals surface area contributed by atoms with E-state index in [0.717, 1.165) is 4.90 Å². The Morgan fingerprint density at radius 2 is 2.13 bits per heavy atom. The minimum Gasteiger partial charge on any atom is -0.269 e. The molecule has 1 aliphatic heterocycles. The van der Waals surface area contributed by atoms with Gasteiger partial charge in [-0.25, -0.2) is 9.88 Å². The van der Waals surface area contributed by atoms with Gasteiger partial charge in [0.15, 0.2) is 5.82 Å². The van der Waals surface area contributed by atoms with Gasteiger partial charge in [-0.1, -0.05) is 0 Å². The van der Waals surface area contributed by atoms with Gasteiger partial charge in [0.2, 0.25) is 0 Å². The highest BCUT2D eigenvalue weighted by molar-refractivity contribution is 9.10. The third-order valence-corrected chi connectivity index (χ3v) is 2.67. The van der Waals surface area contributed by atoms with Gasteiger partial charge in [-0.2, -0.15) is 0 Å². The molecule has 4 nitrogen and oxygen atoms in total. The molecule has 1 aliphatic rings. The molecule has 76 valence electrons. The lowest BCUT2D eigenvalue weighted by atomic mass is 10.3. The lowest BCUT2D eigenvalue weighted by molar-refractivity contribution is -0.120. The van der Waals surface area contributed by atoms with Crippen LogP contribution >= 0.6 is 15.9 Å². The van der Waals surface area contributed by atoms with E-state index in [9.17, 15) is 9.59 Å². The molecule has 2 amide bonds. The van der Waals surface area contributed by atoms with Crippen molar-refractivity contribution in [2.45, 2.75) is 6.92 Å². The predicted molar refractivity (Wildman–Crippen MR) is 58.2 cm³/mol. The zero-order valence-electron chi connectivity index (χ0n) is 7.90. The van der Waals surface area contributed by atoms with E-state index in [1.165, 1.54) is 12.3 Å². The first-order valence-corrected chi connectivity index (χ1v) is 5.08. The molecule has 0 radical (unpaired) electrons. The Morgan fingerprint density at radius 3 is 2.67 bits per heavy atom. The average molecular weight is 267 g/mol. The van der Waals surface area contributed by atoms with Gasteiger partial charge in [-0.15, -0.1) is 0 Å². The van der Waals surface area contributed by atoms with Crippen LogP contribution in [0.25, 0.3) is 0 Å². The summed E-state index contributed by atoms with van der Waals surface area (Å²) < 4.78 is 0.620. The fourth-order valence-electron chi connectivity index (χ4n) is 1.33. The summed E-state index contributed by atoms with van der Waals surface area (Å²) in [5, 5.41) is 0. The summed E-state index contributed by atoms with van der Waals surface area (Å²) in [6.45, 7) is 1.61. The Kier molecular flexibility index (Phi) is 2.40. The summed E-state index contributed by atoms with van der Waals surface area (Å²) in [5.41, 5.74) is 0.428. The molecule has 1 aromatic rings. The Morgan fingerprint density at radius 1 is 1.40 bits per heavy atom. The third kappa shape index (κ3) is 1.59. The molecular formula is C10H7BrN2O2. The van der Waals surface area contributed by atoms with E-state index in [0.29, 0.717) is 15.9 Å². The van der Waals surface area contributed by atoms with Crippen LogP contribution in [0.15, 0.2) is 34.5 Å². The molecule has 0 atom stereocenters. The zero-order valence-corrected chi connectivity index (χ0v) is 9.48. The van der Waals surface area contributed by atoms with Crippen LogP contribution in [0, 0.1) is 0 Å². The molecule has 5 heteroatoms. The lowest BCUT2D eigenvalue weighted by Crippen LogP contribution is -2.31. The summed E-state index contributed by atoms with van der Waals surface area (Å²) >= 11 is 3.25. The van der Waals surface area contributed by atoms with Crippen molar-refractivity contribution < 1.29 is 9.59 Å². The van der Waals surface area contributed by atoms with E-state index in [1.807, 2.05) is 0 Å². The fraction of sp³-hybridized carbons (Fsp3) is 0.100. The first-order valence-electron chi connectivity index (χ1n) is 4.28. The quantitative estimate of drug-likeness (QED) is 0.727. The van der Waals surface area contributed by atoms with Gasteiger partial charge >= 0.3 is 0 Å². The molecule has 1 aromatic heterocycles. The highest BCUT2D eigenvalue weighted by Crippen LogP contribution is 2.27. The monoisotopic (exact) mass is 266 g/mol. The topological polar surface area (TPSA) is 50.3 Å². The largest absolute Gasteiger partial charge is 0.269 e. The van der Waals surface area contributed by atoms with Crippen LogP contribution in [0.5, 0.6) is 0 Å². The molecule has 0 aliphatic carbocycles. The van der Waals surface area contributed by atoms with Gasteiger partial charge in [0, 0.05) is 17.8 Å². The second kappa shape index (κ2) is 3.58. The van der Waals surface area contributed by atoms with Crippen LogP contribution in [0.4, 0.5) is 5.82 Å². The standard InChI is InChI=1S/C10H7BrN2O2/c1-6-5-8(14)13(10(6)15)9-7(11)3-2-4-12-9/h2-5H,1H3. The number of pyridine rings is 1. The van der Waals surface area contributed by atoms with E-state index in [-0.39, 0.29) is 11.8 Å². The number of halogens is 1. The second-order valence-corrected chi connectivity index (χ2v) is 3.97. The van der Waals surface area contributed by atoms with Crippen LogP contribution in [0.1, 0.15) is 6.92 Å². The number of hydrogen-bond acceptors (Lipinski definition) is 3. The number of nitrogens with zero attached hydrogens (tertiary/aromatic N) is 2. The van der Waals surface area contributed by atoms with E-state index in [2.05, 4.69) is 20.9 Å². The van der Waals surface area contributed by atoms with Gasteiger partial charge in [-0.05, 0) is 35.0 Å². The van der Waals surface area contributed by atoms with Gasteiger partial charge in [0.05, 0.1) is 4.47 Å². The molecule has 2 rings (SSSR count). The van der Waals surface area contributed by atoms with Crippen molar-refractivity contribution in [1.29, 1.82) is 0 Å². The number of carbonyl (C=O) groups excluding carboxylic acids is 2. The predicted octanol–water partition coefficient (Wildman–Crippen LogP) is 1.66. The smallest absolute Gasteiger partial charge is 0.262 e.